The van der Waals surface area contributed by atoms with Gasteiger partial charge in [-0.1, -0.05) is 18.9 Å². The summed E-state index contributed by atoms with van der Waals surface area (Å²) in [6.07, 6.45) is 4.20. The van der Waals surface area contributed by atoms with E-state index in [1.165, 1.54) is 12.1 Å². The fourth-order valence-electron chi connectivity index (χ4n) is 2.54. The molecule has 16 heavy (non-hydrogen) atoms. The van der Waals surface area contributed by atoms with E-state index in [1.807, 2.05) is 0 Å². The largest absolute Gasteiger partial charge is 0.324 e. The first-order valence-electron chi connectivity index (χ1n) is 5.81. The molecule has 0 radical (unpaired) electrons. The molecule has 1 aromatic carbocycles. The van der Waals surface area contributed by atoms with Gasteiger partial charge in [0.15, 0.2) is 0 Å². The normalized spacial score (nSPS) is 19.0. The summed E-state index contributed by atoms with van der Waals surface area (Å²) >= 11 is 0. The van der Waals surface area contributed by atoms with Crippen molar-refractivity contribution in [2.45, 2.75) is 38.6 Å². The maximum absolute atomic E-state index is 13.8. The summed E-state index contributed by atoms with van der Waals surface area (Å²) in [5, 5.41) is 0. The minimum Gasteiger partial charge on any atom is -0.324 e. The molecule has 1 fully saturated rings. The number of aryl methyl sites for hydroxylation is 1. The van der Waals surface area contributed by atoms with Gasteiger partial charge < -0.3 is 5.73 Å². The summed E-state index contributed by atoms with van der Waals surface area (Å²) < 4.78 is 27.5. The van der Waals surface area contributed by atoms with E-state index in [4.69, 9.17) is 5.73 Å². The molecule has 0 aromatic heterocycles. The number of nitrogens with two attached hydrogens (primary N) is 1. The lowest BCUT2D eigenvalue weighted by Crippen LogP contribution is -2.22. The van der Waals surface area contributed by atoms with E-state index in [0.717, 1.165) is 25.7 Å². The third-order valence-electron chi connectivity index (χ3n) is 3.56. The van der Waals surface area contributed by atoms with Crippen LogP contribution < -0.4 is 5.73 Å². The van der Waals surface area contributed by atoms with Gasteiger partial charge in [-0.3, -0.25) is 0 Å². The zero-order chi connectivity index (χ0) is 11.7. The highest BCUT2D eigenvalue weighted by Gasteiger charge is 2.28. The lowest BCUT2D eigenvalue weighted by molar-refractivity contribution is 0.409. The zero-order valence-electron chi connectivity index (χ0n) is 9.47. The molecule has 0 aliphatic heterocycles. The Balaban J connectivity index is 2.34. The molecule has 0 unspecified atom stereocenters. The van der Waals surface area contributed by atoms with Crippen LogP contribution in [-0.4, -0.2) is 0 Å². The van der Waals surface area contributed by atoms with Crippen LogP contribution in [0.3, 0.4) is 0 Å². The Morgan fingerprint density at radius 1 is 1.25 bits per heavy atom. The van der Waals surface area contributed by atoms with E-state index in [-0.39, 0.29) is 11.5 Å². The summed E-state index contributed by atoms with van der Waals surface area (Å²) in [5.41, 5.74) is 6.53. The Morgan fingerprint density at radius 3 is 2.50 bits per heavy atom. The van der Waals surface area contributed by atoms with E-state index in [9.17, 15) is 8.78 Å². The molecular weight excluding hydrogens is 208 g/mol. The predicted molar refractivity (Wildman–Crippen MR) is 60.0 cm³/mol. The summed E-state index contributed by atoms with van der Waals surface area (Å²) in [6.45, 7) is 1.64. The van der Waals surface area contributed by atoms with Gasteiger partial charge in [-0.05, 0) is 37.3 Å². The van der Waals surface area contributed by atoms with Crippen molar-refractivity contribution in [3.63, 3.8) is 0 Å². The molecule has 2 N–H and O–H groups in total. The zero-order valence-corrected chi connectivity index (χ0v) is 9.47. The first-order valence-corrected chi connectivity index (χ1v) is 5.81. The van der Waals surface area contributed by atoms with Crippen molar-refractivity contribution < 1.29 is 8.78 Å². The Morgan fingerprint density at radius 2 is 1.88 bits per heavy atom. The van der Waals surface area contributed by atoms with Gasteiger partial charge in [0.1, 0.15) is 11.6 Å². The molecule has 0 heterocycles. The van der Waals surface area contributed by atoms with E-state index >= 15 is 0 Å². The molecule has 1 aliphatic carbocycles. The molecule has 0 amide bonds. The van der Waals surface area contributed by atoms with Crippen LogP contribution in [-0.2, 0) is 0 Å². The molecule has 1 saturated carbocycles. The van der Waals surface area contributed by atoms with Crippen molar-refractivity contribution in [3.8, 4) is 0 Å². The first-order chi connectivity index (χ1) is 7.61. The molecule has 3 heteroatoms. The van der Waals surface area contributed by atoms with Crippen molar-refractivity contribution in [2.75, 3.05) is 0 Å². The maximum Gasteiger partial charge on any atom is 0.133 e. The van der Waals surface area contributed by atoms with Gasteiger partial charge in [-0.2, -0.15) is 0 Å². The number of halogens is 2. The third kappa shape index (κ3) is 1.96. The quantitative estimate of drug-likeness (QED) is 0.819. The van der Waals surface area contributed by atoms with Gasteiger partial charge in [-0.15, -0.1) is 0 Å². The second kappa shape index (κ2) is 4.50. The van der Waals surface area contributed by atoms with E-state index in [1.54, 1.807) is 6.92 Å². The Kier molecular flexibility index (Phi) is 3.24. The molecule has 1 aliphatic rings. The van der Waals surface area contributed by atoms with Crippen LogP contribution in [0.1, 0.15) is 42.9 Å². The van der Waals surface area contributed by atoms with E-state index in [0.29, 0.717) is 5.56 Å². The third-order valence-corrected chi connectivity index (χ3v) is 3.56. The molecule has 0 spiro atoms. The molecular formula is C13H17F2N. The van der Waals surface area contributed by atoms with Gasteiger partial charge in [0.25, 0.3) is 0 Å². The average molecular weight is 225 g/mol. The molecule has 0 bridgehead atoms. The molecule has 1 atom stereocenters. The highest BCUT2D eigenvalue weighted by atomic mass is 19.1. The van der Waals surface area contributed by atoms with Crippen LogP contribution in [0.25, 0.3) is 0 Å². The summed E-state index contributed by atoms with van der Waals surface area (Å²) in [4.78, 5) is 0. The minimum atomic E-state index is -0.512. The van der Waals surface area contributed by atoms with Crippen LogP contribution in [0.2, 0.25) is 0 Å². The number of benzene rings is 1. The van der Waals surface area contributed by atoms with Crippen molar-refractivity contribution in [3.05, 3.63) is 34.9 Å². The lowest BCUT2D eigenvalue weighted by atomic mass is 9.91. The van der Waals surface area contributed by atoms with E-state index < -0.39 is 17.7 Å². The Hall–Kier alpha value is -0.960. The van der Waals surface area contributed by atoms with Crippen molar-refractivity contribution in [2.24, 2.45) is 11.7 Å². The maximum atomic E-state index is 13.8. The van der Waals surface area contributed by atoms with Gasteiger partial charge in [0, 0.05) is 11.6 Å². The second-order valence-corrected chi connectivity index (χ2v) is 4.66. The number of rotatable bonds is 2. The Bertz CT molecular complexity index is 384. The van der Waals surface area contributed by atoms with Crippen LogP contribution >= 0.6 is 0 Å². The van der Waals surface area contributed by atoms with Gasteiger partial charge >= 0.3 is 0 Å². The van der Waals surface area contributed by atoms with Crippen molar-refractivity contribution >= 4 is 0 Å². The van der Waals surface area contributed by atoms with Gasteiger partial charge in [0.2, 0.25) is 0 Å². The van der Waals surface area contributed by atoms with E-state index in [2.05, 4.69) is 0 Å². The summed E-state index contributed by atoms with van der Waals surface area (Å²) in [6, 6.07) is 2.26. The van der Waals surface area contributed by atoms with Crippen molar-refractivity contribution in [1.29, 1.82) is 0 Å². The standard InChI is InChI=1S/C13H17F2N/c1-8-6-7-10(14)11(12(8)15)13(16)9-4-2-3-5-9/h6-7,9,13H,2-5,16H2,1H3/t13-/m1/s1. The van der Waals surface area contributed by atoms with Crippen molar-refractivity contribution in [1.82, 2.24) is 0 Å². The fraction of sp³-hybridized carbons (Fsp3) is 0.538. The Labute approximate surface area is 94.7 Å². The lowest BCUT2D eigenvalue weighted by Gasteiger charge is -2.21. The molecule has 88 valence electrons. The monoisotopic (exact) mass is 225 g/mol. The smallest absolute Gasteiger partial charge is 0.133 e. The van der Waals surface area contributed by atoms with Crippen LogP contribution in [0, 0.1) is 24.5 Å². The van der Waals surface area contributed by atoms with Gasteiger partial charge in [0.05, 0.1) is 0 Å². The first kappa shape index (κ1) is 11.5. The molecule has 0 saturated heterocycles. The summed E-state index contributed by atoms with van der Waals surface area (Å²) in [5.74, 6) is -0.757. The molecule has 1 nitrogen and oxygen atoms in total. The fourth-order valence-corrected chi connectivity index (χ4v) is 2.54. The number of hydrogen-bond acceptors (Lipinski definition) is 1. The highest BCUT2D eigenvalue weighted by Crippen LogP contribution is 2.36. The number of hydrogen-bond donors (Lipinski definition) is 1. The second-order valence-electron chi connectivity index (χ2n) is 4.66. The highest BCUT2D eigenvalue weighted by molar-refractivity contribution is 5.29. The summed E-state index contributed by atoms with van der Waals surface area (Å²) in [7, 11) is 0. The molecule has 2 rings (SSSR count). The van der Waals surface area contributed by atoms with Crippen LogP contribution in [0.15, 0.2) is 12.1 Å². The molecule has 1 aromatic rings. The topological polar surface area (TPSA) is 26.0 Å². The average Bonchev–Trinajstić information content (AvgIpc) is 2.77. The minimum absolute atomic E-state index is 0.0758. The van der Waals surface area contributed by atoms with Crippen LogP contribution in [0.5, 0.6) is 0 Å². The van der Waals surface area contributed by atoms with Crippen LogP contribution in [0.4, 0.5) is 8.78 Å². The van der Waals surface area contributed by atoms with Gasteiger partial charge in [-0.25, -0.2) is 8.78 Å². The predicted octanol–water partition coefficient (Wildman–Crippen LogP) is 3.46. The SMILES string of the molecule is Cc1ccc(F)c([C@H](N)C2CCCC2)c1F.